The summed E-state index contributed by atoms with van der Waals surface area (Å²) in [5.74, 6) is 0. The highest BCUT2D eigenvalue weighted by Gasteiger charge is 2.35. The summed E-state index contributed by atoms with van der Waals surface area (Å²) in [6, 6.07) is 73.4. The Morgan fingerprint density at radius 1 is 0.254 bits per heavy atom. The second-order valence-electron chi connectivity index (χ2n) is 17.2. The lowest BCUT2D eigenvalue weighted by molar-refractivity contribution is 0.660. The van der Waals surface area contributed by atoms with E-state index in [0.717, 1.165) is 0 Å². The minimum Gasteiger partial charge on any atom is -0.0619 e. The van der Waals surface area contributed by atoms with E-state index in [2.05, 4.69) is 208 Å². The average molecular weight is 747 g/mol. The van der Waals surface area contributed by atoms with E-state index in [4.69, 9.17) is 0 Å². The van der Waals surface area contributed by atoms with Gasteiger partial charge in [-0.3, -0.25) is 0 Å². The molecule has 13 rings (SSSR count). The maximum Gasteiger partial charge on any atom is 0.0159 e. The van der Waals surface area contributed by atoms with Crippen LogP contribution < -0.4 is 0 Å². The molecule has 1 aliphatic rings. The quantitative estimate of drug-likeness (QED) is 0.157. The van der Waals surface area contributed by atoms with Gasteiger partial charge in [0.25, 0.3) is 0 Å². The fourth-order valence-corrected chi connectivity index (χ4v) is 10.8. The Morgan fingerprint density at radius 3 is 1.29 bits per heavy atom. The molecule has 0 radical (unpaired) electrons. The molecule has 0 amide bonds. The third kappa shape index (κ3) is 4.66. The van der Waals surface area contributed by atoms with Crippen molar-refractivity contribution in [2.24, 2.45) is 0 Å². The largest absolute Gasteiger partial charge is 0.0619 e. The van der Waals surface area contributed by atoms with Crippen LogP contribution in [0, 0.1) is 0 Å². The van der Waals surface area contributed by atoms with Gasteiger partial charge in [-0.05, 0) is 156 Å². The lowest BCUT2D eigenvalue weighted by atomic mass is 9.81. The Labute approximate surface area is 343 Å². The SMILES string of the molecule is CC1(C)c2ccccc2-c2ccc(-c3cc(-c4ccc(-c5ccc6ccc7cccc8ccc5c6c78)cc4)cc(-c4ccc5ccc6cccc7ccc4c5c67)c3)cc21. The number of rotatable bonds is 4. The fraction of sp³-hybridized carbons (Fsp3) is 0.0508. The molecular formula is C59H38. The van der Waals surface area contributed by atoms with Crippen LogP contribution in [0.4, 0.5) is 0 Å². The lowest BCUT2D eigenvalue weighted by Gasteiger charge is -2.22. The molecule has 0 atom stereocenters. The molecule has 0 fully saturated rings. The first kappa shape index (κ1) is 32.8. The predicted molar refractivity (Wildman–Crippen MR) is 253 cm³/mol. The highest BCUT2D eigenvalue weighted by molar-refractivity contribution is 6.26. The van der Waals surface area contributed by atoms with Crippen molar-refractivity contribution in [2.75, 3.05) is 0 Å². The minimum absolute atomic E-state index is 0.0740. The first-order valence-corrected chi connectivity index (χ1v) is 20.8. The van der Waals surface area contributed by atoms with Crippen molar-refractivity contribution in [2.45, 2.75) is 19.3 Å². The van der Waals surface area contributed by atoms with E-state index >= 15 is 0 Å². The summed E-state index contributed by atoms with van der Waals surface area (Å²) in [5.41, 5.74) is 15.3. The van der Waals surface area contributed by atoms with Crippen LogP contribution in [0.1, 0.15) is 25.0 Å². The zero-order chi connectivity index (χ0) is 39.0. The van der Waals surface area contributed by atoms with E-state index in [1.165, 1.54) is 131 Å². The van der Waals surface area contributed by atoms with Gasteiger partial charge in [-0.2, -0.15) is 0 Å². The fourth-order valence-electron chi connectivity index (χ4n) is 10.8. The third-order valence-electron chi connectivity index (χ3n) is 13.7. The van der Waals surface area contributed by atoms with Crippen LogP contribution in [0.2, 0.25) is 0 Å². The molecule has 0 N–H and O–H groups in total. The molecule has 1 aliphatic carbocycles. The summed E-state index contributed by atoms with van der Waals surface area (Å²) in [6.45, 7) is 4.74. The van der Waals surface area contributed by atoms with Gasteiger partial charge >= 0.3 is 0 Å². The molecule has 0 spiro atoms. The minimum atomic E-state index is -0.0740. The van der Waals surface area contributed by atoms with Crippen molar-refractivity contribution in [1.29, 1.82) is 0 Å². The summed E-state index contributed by atoms with van der Waals surface area (Å²) < 4.78 is 0. The van der Waals surface area contributed by atoms with Crippen molar-refractivity contribution >= 4 is 64.6 Å². The van der Waals surface area contributed by atoms with E-state index < -0.39 is 0 Å². The van der Waals surface area contributed by atoms with Crippen molar-refractivity contribution in [3.8, 4) is 55.6 Å². The molecule has 0 heteroatoms. The van der Waals surface area contributed by atoms with Crippen LogP contribution in [0.25, 0.3) is 120 Å². The summed E-state index contributed by atoms with van der Waals surface area (Å²) >= 11 is 0. The second-order valence-corrected chi connectivity index (χ2v) is 17.2. The molecule has 0 heterocycles. The highest BCUT2D eigenvalue weighted by Crippen LogP contribution is 2.50. The molecule has 0 saturated heterocycles. The van der Waals surface area contributed by atoms with Crippen molar-refractivity contribution in [3.63, 3.8) is 0 Å². The van der Waals surface area contributed by atoms with Crippen LogP contribution >= 0.6 is 0 Å². The first-order chi connectivity index (χ1) is 29.0. The maximum atomic E-state index is 2.46. The molecule has 0 saturated carbocycles. The summed E-state index contributed by atoms with van der Waals surface area (Å²) in [7, 11) is 0. The first-order valence-electron chi connectivity index (χ1n) is 20.8. The number of hydrogen-bond donors (Lipinski definition) is 0. The summed E-state index contributed by atoms with van der Waals surface area (Å²) in [6.07, 6.45) is 0. The molecule has 0 aliphatic heterocycles. The van der Waals surface area contributed by atoms with Crippen LogP contribution in [-0.2, 0) is 5.41 Å². The molecule has 12 aromatic carbocycles. The van der Waals surface area contributed by atoms with E-state index in [9.17, 15) is 0 Å². The molecule has 274 valence electrons. The molecule has 12 aromatic rings. The molecular weight excluding hydrogens is 709 g/mol. The number of benzene rings is 12. The van der Waals surface area contributed by atoms with Crippen LogP contribution in [0.3, 0.4) is 0 Å². The molecule has 59 heavy (non-hydrogen) atoms. The molecule has 0 aromatic heterocycles. The Morgan fingerprint density at radius 2 is 0.678 bits per heavy atom. The Kier molecular flexibility index (Phi) is 6.60. The summed E-state index contributed by atoms with van der Waals surface area (Å²) in [5, 5.41) is 15.8. The average Bonchev–Trinajstić information content (AvgIpc) is 3.52. The zero-order valence-electron chi connectivity index (χ0n) is 33.0. The normalized spacial score (nSPS) is 13.4. The summed E-state index contributed by atoms with van der Waals surface area (Å²) in [4.78, 5) is 0. The predicted octanol–water partition coefficient (Wildman–Crippen LogP) is 16.5. The van der Waals surface area contributed by atoms with Crippen LogP contribution in [0.5, 0.6) is 0 Å². The van der Waals surface area contributed by atoms with Gasteiger partial charge in [0.05, 0.1) is 0 Å². The topological polar surface area (TPSA) is 0 Å². The van der Waals surface area contributed by atoms with Crippen molar-refractivity contribution in [1.82, 2.24) is 0 Å². The highest BCUT2D eigenvalue weighted by atomic mass is 14.4. The van der Waals surface area contributed by atoms with Gasteiger partial charge in [-0.1, -0.05) is 184 Å². The number of fused-ring (bicyclic) bond motifs is 3. The lowest BCUT2D eigenvalue weighted by Crippen LogP contribution is -2.14. The Hall–Kier alpha value is -7.28. The Bertz CT molecular complexity index is 3640. The molecule has 0 unspecified atom stereocenters. The van der Waals surface area contributed by atoms with Gasteiger partial charge in [0.2, 0.25) is 0 Å². The van der Waals surface area contributed by atoms with Gasteiger partial charge in [0, 0.05) is 5.41 Å². The van der Waals surface area contributed by atoms with Gasteiger partial charge in [0.1, 0.15) is 0 Å². The number of hydrogen-bond acceptors (Lipinski definition) is 0. The molecule has 0 bridgehead atoms. The van der Waals surface area contributed by atoms with Gasteiger partial charge in [-0.25, -0.2) is 0 Å². The Balaban J connectivity index is 0.994. The third-order valence-corrected chi connectivity index (χ3v) is 13.7. The van der Waals surface area contributed by atoms with E-state index in [1.54, 1.807) is 0 Å². The van der Waals surface area contributed by atoms with Crippen molar-refractivity contribution < 1.29 is 0 Å². The van der Waals surface area contributed by atoms with E-state index in [1.807, 2.05) is 0 Å². The zero-order valence-corrected chi connectivity index (χ0v) is 33.0. The van der Waals surface area contributed by atoms with E-state index in [0.29, 0.717) is 0 Å². The van der Waals surface area contributed by atoms with Gasteiger partial charge in [0.15, 0.2) is 0 Å². The van der Waals surface area contributed by atoms with Crippen LogP contribution in [0.15, 0.2) is 194 Å². The second kappa shape index (κ2) is 11.9. The van der Waals surface area contributed by atoms with Gasteiger partial charge in [-0.15, -0.1) is 0 Å². The maximum absolute atomic E-state index is 2.46. The van der Waals surface area contributed by atoms with Gasteiger partial charge < -0.3 is 0 Å². The standard InChI is InChI=1S/C59H38/c1-59(2)53-12-4-3-11-49(53)50-28-25-43(34-54(50)59)45-31-44(32-46(33-45)48-27-22-42-20-18-38-8-6-10-40-24-30-52(48)58(42)56(38)40)35-13-15-36(16-14-35)47-26-21-41-19-17-37-7-5-9-39-23-29-51(47)57(41)55(37)39/h3-34H,1-2H3. The monoisotopic (exact) mass is 746 g/mol. The smallest absolute Gasteiger partial charge is 0.0159 e. The molecule has 0 nitrogen and oxygen atoms in total. The van der Waals surface area contributed by atoms with Crippen molar-refractivity contribution in [3.05, 3.63) is 205 Å². The van der Waals surface area contributed by atoms with Crippen LogP contribution in [-0.4, -0.2) is 0 Å². The van der Waals surface area contributed by atoms with E-state index in [-0.39, 0.29) is 5.41 Å².